The molecule has 21 heavy (non-hydrogen) atoms. The Labute approximate surface area is 124 Å². The Balaban J connectivity index is 1.65. The molecule has 3 nitrogen and oxygen atoms in total. The Bertz CT molecular complexity index is 523. The van der Waals surface area contributed by atoms with Crippen molar-refractivity contribution in [3.8, 4) is 0 Å². The molecular formula is C18H18O3. The summed E-state index contributed by atoms with van der Waals surface area (Å²) in [4.78, 5) is 0. The fraction of sp³-hybridized carbons (Fsp3) is 0.333. The zero-order chi connectivity index (χ0) is 14.6. The molecule has 4 rings (SSSR count). The number of hydrogen-bond donors (Lipinski definition) is 0. The lowest BCUT2D eigenvalue weighted by Gasteiger charge is -2.05. The average molecular weight is 282 g/mol. The summed E-state index contributed by atoms with van der Waals surface area (Å²) in [5, 5.41) is 0. The molecule has 0 saturated carbocycles. The molecule has 0 aliphatic carbocycles. The van der Waals surface area contributed by atoms with Gasteiger partial charge >= 0.3 is 0 Å². The Morgan fingerprint density at radius 3 is 1.10 bits per heavy atom. The maximum absolute atomic E-state index is 5.63. The van der Waals surface area contributed by atoms with Crippen LogP contribution in [0.1, 0.15) is 35.0 Å². The van der Waals surface area contributed by atoms with Gasteiger partial charge in [0.25, 0.3) is 0 Å². The topological polar surface area (TPSA) is 37.6 Å². The summed E-state index contributed by atoms with van der Waals surface area (Å²) in [6.45, 7) is 11.4. The van der Waals surface area contributed by atoms with Crippen molar-refractivity contribution in [2.75, 3.05) is 0 Å². The van der Waals surface area contributed by atoms with Crippen LogP contribution in [0.15, 0.2) is 56.2 Å². The van der Waals surface area contributed by atoms with Crippen LogP contribution in [0, 0.1) is 0 Å². The number of hydrogen-bond acceptors (Lipinski definition) is 3. The van der Waals surface area contributed by atoms with E-state index in [0.717, 1.165) is 0 Å². The molecule has 108 valence electrons. The molecule has 1 aromatic carbocycles. The van der Waals surface area contributed by atoms with Gasteiger partial charge in [0.05, 0.1) is 0 Å². The summed E-state index contributed by atoms with van der Waals surface area (Å²) >= 11 is 0. The second-order valence-electron chi connectivity index (χ2n) is 5.70. The molecule has 0 N–H and O–H groups in total. The molecule has 0 radical (unpaired) electrons. The van der Waals surface area contributed by atoms with E-state index in [1.807, 2.05) is 18.2 Å². The van der Waals surface area contributed by atoms with E-state index in [1.165, 1.54) is 16.7 Å². The van der Waals surface area contributed by atoms with Gasteiger partial charge in [0.1, 0.15) is 36.6 Å². The Morgan fingerprint density at radius 2 is 0.905 bits per heavy atom. The third kappa shape index (κ3) is 2.27. The fourth-order valence-electron chi connectivity index (χ4n) is 2.91. The summed E-state index contributed by atoms with van der Waals surface area (Å²) in [5.41, 5.74) is 3.51. The largest absolute Gasteiger partial charge is 0.360 e. The van der Waals surface area contributed by atoms with Crippen LogP contribution in [0.5, 0.6) is 0 Å². The van der Waals surface area contributed by atoms with Crippen molar-refractivity contribution in [2.24, 2.45) is 0 Å². The van der Waals surface area contributed by atoms with E-state index in [4.69, 9.17) is 14.2 Å². The molecule has 0 amide bonds. The van der Waals surface area contributed by atoms with Crippen LogP contribution in [-0.2, 0) is 14.2 Å². The molecule has 1 aromatic rings. The van der Waals surface area contributed by atoms with E-state index >= 15 is 0 Å². The van der Waals surface area contributed by atoms with E-state index in [0.29, 0.717) is 0 Å². The van der Waals surface area contributed by atoms with Crippen molar-refractivity contribution >= 4 is 0 Å². The summed E-state index contributed by atoms with van der Waals surface area (Å²) in [5.74, 6) is 0. The highest BCUT2D eigenvalue weighted by Crippen LogP contribution is 2.47. The fourth-order valence-corrected chi connectivity index (χ4v) is 2.91. The zero-order valence-corrected chi connectivity index (χ0v) is 11.8. The summed E-state index contributed by atoms with van der Waals surface area (Å²) in [6.07, 6.45) is 6.25. The third-order valence-electron chi connectivity index (χ3n) is 4.26. The molecule has 0 spiro atoms. The highest BCUT2D eigenvalue weighted by Gasteiger charge is 2.44. The Morgan fingerprint density at radius 1 is 0.619 bits per heavy atom. The maximum Gasteiger partial charge on any atom is 0.113 e. The molecule has 3 aliphatic rings. The van der Waals surface area contributed by atoms with Crippen LogP contribution in [0.4, 0.5) is 0 Å². The van der Waals surface area contributed by atoms with Gasteiger partial charge in [0.2, 0.25) is 0 Å². The quantitative estimate of drug-likeness (QED) is 0.591. The van der Waals surface area contributed by atoms with Gasteiger partial charge in [-0.15, -0.1) is 19.7 Å². The van der Waals surface area contributed by atoms with Crippen molar-refractivity contribution in [1.82, 2.24) is 0 Å². The lowest BCUT2D eigenvalue weighted by Crippen LogP contribution is -1.95. The first-order chi connectivity index (χ1) is 10.2. The summed E-state index contributed by atoms with van der Waals surface area (Å²) in [7, 11) is 0. The number of ether oxygens (including phenoxy) is 3. The minimum absolute atomic E-state index is 0.114. The maximum atomic E-state index is 5.63. The van der Waals surface area contributed by atoms with E-state index < -0.39 is 0 Å². The van der Waals surface area contributed by atoms with Crippen molar-refractivity contribution in [3.05, 3.63) is 72.9 Å². The molecule has 3 heterocycles. The molecule has 3 aliphatic heterocycles. The van der Waals surface area contributed by atoms with Gasteiger partial charge in [0.15, 0.2) is 0 Å². The zero-order valence-electron chi connectivity index (χ0n) is 11.8. The van der Waals surface area contributed by atoms with Crippen LogP contribution in [0.25, 0.3) is 0 Å². The van der Waals surface area contributed by atoms with Gasteiger partial charge < -0.3 is 14.2 Å². The van der Waals surface area contributed by atoms with E-state index in [1.54, 1.807) is 0 Å². The number of benzene rings is 1. The SMILES string of the molecule is C=CC1OC1c1cc(C2OC2C=C)cc(C2OC2C=C)c1. The molecule has 6 atom stereocenters. The normalized spacial score (nSPS) is 39.4. The number of rotatable bonds is 6. The second kappa shape index (κ2) is 4.67. The molecule has 3 fully saturated rings. The lowest BCUT2D eigenvalue weighted by atomic mass is 9.97. The van der Waals surface area contributed by atoms with Crippen molar-refractivity contribution in [3.63, 3.8) is 0 Å². The molecular weight excluding hydrogens is 264 g/mol. The molecule has 6 unspecified atom stereocenters. The van der Waals surface area contributed by atoms with Gasteiger partial charge in [-0.3, -0.25) is 0 Å². The lowest BCUT2D eigenvalue weighted by molar-refractivity contribution is 0.386. The molecule has 0 aromatic heterocycles. The van der Waals surface area contributed by atoms with Crippen molar-refractivity contribution < 1.29 is 14.2 Å². The Hall–Kier alpha value is -1.68. The summed E-state index contributed by atoms with van der Waals surface area (Å²) < 4.78 is 16.9. The molecule has 3 heteroatoms. The first-order valence-corrected chi connectivity index (χ1v) is 7.24. The molecule has 0 bridgehead atoms. The van der Waals surface area contributed by atoms with Crippen LogP contribution in [-0.4, -0.2) is 18.3 Å². The third-order valence-corrected chi connectivity index (χ3v) is 4.26. The van der Waals surface area contributed by atoms with Crippen molar-refractivity contribution in [2.45, 2.75) is 36.6 Å². The van der Waals surface area contributed by atoms with Gasteiger partial charge in [-0.2, -0.15) is 0 Å². The van der Waals surface area contributed by atoms with Crippen LogP contribution >= 0.6 is 0 Å². The standard InChI is InChI=1S/C18H18O3/c1-4-13-16(19-13)10-7-11(17-14(5-2)20-17)9-12(8-10)18-15(6-3)21-18/h4-9,13-18H,1-3H2. The van der Waals surface area contributed by atoms with Gasteiger partial charge in [-0.1, -0.05) is 36.4 Å². The average Bonchev–Trinajstić information content (AvgIpc) is 3.40. The minimum atomic E-state index is 0.114. The minimum Gasteiger partial charge on any atom is -0.360 e. The number of epoxide rings is 3. The van der Waals surface area contributed by atoms with Gasteiger partial charge in [-0.25, -0.2) is 0 Å². The first-order valence-electron chi connectivity index (χ1n) is 7.24. The van der Waals surface area contributed by atoms with E-state index in [2.05, 4.69) is 37.9 Å². The van der Waals surface area contributed by atoms with Crippen LogP contribution in [0.2, 0.25) is 0 Å². The van der Waals surface area contributed by atoms with E-state index in [9.17, 15) is 0 Å². The van der Waals surface area contributed by atoms with Crippen LogP contribution in [0.3, 0.4) is 0 Å². The van der Waals surface area contributed by atoms with Gasteiger partial charge in [0, 0.05) is 0 Å². The van der Waals surface area contributed by atoms with Crippen LogP contribution < -0.4 is 0 Å². The second-order valence-corrected chi connectivity index (χ2v) is 5.70. The highest BCUT2D eigenvalue weighted by molar-refractivity contribution is 5.40. The highest BCUT2D eigenvalue weighted by atomic mass is 16.6. The predicted octanol–water partition coefficient (Wildman–Crippen LogP) is 3.56. The van der Waals surface area contributed by atoms with Gasteiger partial charge in [-0.05, 0) is 16.7 Å². The first kappa shape index (κ1) is 13.0. The summed E-state index contributed by atoms with van der Waals surface area (Å²) in [6, 6.07) is 6.49. The van der Waals surface area contributed by atoms with E-state index in [-0.39, 0.29) is 36.6 Å². The predicted molar refractivity (Wildman–Crippen MR) is 79.9 cm³/mol. The molecule has 3 saturated heterocycles. The van der Waals surface area contributed by atoms with Crippen molar-refractivity contribution in [1.29, 1.82) is 0 Å². The Kier molecular flexibility index (Phi) is 2.89. The smallest absolute Gasteiger partial charge is 0.113 e. The monoisotopic (exact) mass is 282 g/mol.